The average Bonchev–Trinajstić information content (AvgIpc) is 2.37. The van der Waals surface area contributed by atoms with E-state index in [0.717, 1.165) is 11.1 Å². The molecule has 2 aromatic rings. The second-order valence-electron chi connectivity index (χ2n) is 4.99. The monoisotopic (exact) mass is 322 g/mol. The minimum Gasteiger partial charge on any atom is -0.399 e. The maximum absolute atomic E-state index is 12.3. The van der Waals surface area contributed by atoms with Crippen LogP contribution in [0.1, 0.15) is 34.5 Å². The van der Waals surface area contributed by atoms with Crippen molar-refractivity contribution in [2.75, 3.05) is 5.73 Å². The van der Waals surface area contributed by atoms with E-state index in [1.807, 2.05) is 19.9 Å². The number of benzene rings is 2. The molecule has 0 saturated carbocycles. The number of carbonyl (C=O) groups is 1. The number of hydrogen-bond acceptors (Lipinski definition) is 2. The molecule has 110 valence electrons. The first-order valence-corrected chi connectivity index (χ1v) is 7.25. The summed E-state index contributed by atoms with van der Waals surface area (Å²) in [6, 6.07) is 10.2. The Morgan fingerprint density at radius 1 is 1.19 bits per heavy atom. The standard InChI is InChI=1S/C16H16Cl2N2O/c1-9-5-11(7-13(19)6-9)16(21)20-10(2)14-4-3-12(17)8-15(14)18/h3-8,10H,19H2,1-2H3,(H,20,21). The summed E-state index contributed by atoms with van der Waals surface area (Å²) in [6.45, 7) is 3.76. The molecule has 1 atom stereocenters. The lowest BCUT2D eigenvalue weighted by Crippen LogP contribution is -2.27. The molecule has 0 spiro atoms. The fraction of sp³-hybridized carbons (Fsp3) is 0.188. The van der Waals surface area contributed by atoms with Crippen molar-refractivity contribution in [3.05, 3.63) is 63.1 Å². The van der Waals surface area contributed by atoms with Crippen LogP contribution in [0.15, 0.2) is 36.4 Å². The van der Waals surface area contributed by atoms with Gasteiger partial charge in [0.15, 0.2) is 0 Å². The van der Waals surface area contributed by atoms with Gasteiger partial charge in [0.05, 0.1) is 6.04 Å². The summed E-state index contributed by atoms with van der Waals surface area (Å²) >= 11 is 12.0. The van der Waals surface area contributed by atoms with E-state index in [-0.39, 0.29) is 11.9 Å². The highest BCUT2D eigenvalue weighted by atomic mass is 35.5. The predicted molar refractivity (Wildman–Crippen MR) is 87.9 cm³/mol. The highest BCUT2D eigenvalue weighted by Gasteiger charge is 2.14. The Morgan fingerprint density at radius 3 is 2.52 bits per heavy atom. The van der Waals surface area contributed by atoms with E-state index in [4.69, 9.17) is 28.9 Å². The maximum atomic E-state index is 12.3. The highest BCUT2D eigenvalue weighted by molar-refractivity contribution is 6.35. The molecular formula is C16H16Cl2N2O. The summed E-state index contributed by atoms with van der Waals surface area (Å²) < 4.78 is 0. The van der Waals surface area contributed by atoms with Crippen LogP contribution in [0.5, 0.6) is 0 Å². The van der Waals surface area contributed by atoms with Crippen LogP contribution in [0.4, 0.5) is 5.69 Å². The minimum atomic E-state index is -0.232. The molecule has 0 radical (unpaired) electrons. The van der Waals surface area contributed by atoms with Crippen LogP contribution in [0.3, 0.4) is 0 Å². The molecule has 0 saturated heterocycles. The Bertz CT molecular complexity index is 666. The van der Waals surface area contributed by atoms with Crippen LogP contribution in [0.2, 0.25) is 10.0 Å². The topological polar surface area (TPSA) is 55.1 Å². The zero-order valence-corrected chi connectivity index (χ0v) is 13.3. The molecule has 3 nitrogen and oxygen atoms in total. The molecular weight excluding hydrogens is 307 g/mol. The first-order chi connectivity index (χ1) is 9.86. The average molecular weight is 323 g/mol. The van der Waals surface area contributed by atoms with Crippen molar-refractivity contribution in [1.82, 2.24) is 5.32 Å². The van der Waals surface area contributed by atoms with Gasteiger partial charge in [0.2, 0.25) is 0 Å². The fourth-order valence-electron chi connectivity index (χ4n) is 2.15. The Hall–Kier alpha value is -1.71. The minimum absolute atomic E-state index is 0.191. The number of halogens is 2. The summed E-state index contributed by atoms with van der Waals surface area (Å²) in [5, 5.41) is 4.00. The normalized spacial score (nSPS) is 12.0. The third kappa shape index (κ3) is 3.90. The van der Waals surface area contributed by atoms with Crippen molar-refractivity contribution in [1.29, 1.82) is 0 Å². The Labute approximate surface area is 134 Å². The zero-order valence-electron chi connectivity index (χ0n) is 11.8. The molecule has 1 unspecified atom stereocenters. The maximum Gasteiger partial charge on any atom is 0.251 e. The Balaban J connectivity index is 2.18. The van der Waals surface area contributed by atoms with Gasteiger partial charge in [-0.25, -0.2) is 0 Å². The number of nitrogen functional groups attached to an aromatic ring is 1. The van der Waals surface area contributed by atoms with Crippen LogP contribution >= 0.6 is 23.2 Å². The summed E-state index contributed by atoms with van der Waals surface area (Å²) in [5.74, 6) is -0.191. The number of amides is 1. The lowest BCUT2D eigenvalue weighted by molar-refractivity contribution is 0.0940. The van der Waals surface area contributed by atoms with E-state index >= 15 is 0 Å². The lowest BCUT2D eigenvalue weighted by atomic mass is 10.1. The molecule has 3 N–H and O–H groups in total. The molecule has 5 heteroatoms. The number of rotatable bonds is 3. The summed E-state index contributed by atoms with van der Waals surface area (Å²) in [4.78, 5) is 12.3. The molecule has 0 aliphatic carbocycles. The third-order valence-electron chi connectivity index (χ3n) is 3.14. The fourth-order valence-corrected chi connectivity index (χ4v) is 2.73. The molecule has 1 amide bonds. The van der Waals surface area contributed by atoms with Crippen LogP contribution in [-0.2, 0) is 0 Å². The zero-order chi connectivity index (χ0) is 15.6. The number of hydrogen-bond donors (Lipinski definition) is 2. The molecule has 2 aromatic carbocycles. The molecule has 0 aromatic heterocycles. The molecule has 0 aliphatic heterocycles. The number of nitrogens with one attached hydrogen (secondary N) is 1. The smallest absolute Gasteiger partial charge is 0.251 e. The SMILES string of the molecule is Cc1cc(N)cc(C(=O)NC(C)c2ccc(Cl)cc2Cl)c1. The molecule has 0 bridgehead atoms. The van der Waals surface area contributed by atoms with Gasteiger partial charge in [-0.05, 0) is 55.3 Å². The van der Waals surface area contributed by atoms with Gasteiger partial charge in [-0.3, -0.25) is 4.79 Å². The first-order valence-electron chi connectivity index (χ1n) is 6.50. The summed E-state index contributed by atoms with van der Waals surface area (Å²) in [7, 11) is 0. The van der Waals surface area contributed by atoms with E-state index in [9.17, 15) is 4.79 Å². The van der Waals surface area contributed by atoms with Crippen LogP contribution < -0.4 is 11.1 Å². The second-order valence-corrected chi connectivity index (χ2v) is 5.84. The quantitative estimate of drug-likeness (QED) is 0.824. The Morgan fingerprint density at radius 2 is 1.90 bits per heavy atom. The van der Waals surface area contributed by atoms with Gasteiger partial charge in [0, 0.05) is 21.3 Å². The molecule has 0 heterocycles. The number of anilines is 1. The van der Waals surface area contributed by atoms with Crippen molar-refractivity contribution in [2.45, 2.75) is 19.9 Å². The van der Waals surface area contributed by atoms with E-state index in [1.54, 1.807) is 30.3 Å². The van der Waals surface area contributed by atoms with E-state index in [1.165, 1.54) is 0 Å². The van der Waals surface area contributed by atoms with Gasteiger partial charge in [0.1, 0.15) is 0 Å². The van der Waals surface area contributed by atoms with Crippen molar-refractivity contribution in [3.8, 4) is 0 Å². The molecule has 21 heavy (non-hydrogen) atoms. The molecule has 0 fully saturated rings. The largest absolute Gasteiger partial charge is 0.399 e. The molecule has 0 aliphatic rings. The predicted octanol–water partition coefficient (Wildman–Crippen LogP) is 4.38. The Kier molecular flexibility index (Phi) is 4.76. The van der Waals surface area contributed by atoms with Gasteiger partial charge >= 0.3 is 0 Å². The number of nitrogens with two attached hydrogens (primary N) is 1. The van der Waals surface area contributed by atoms with Gasteiger partial charge in [-0.2, -0.15) is 0 Å². The van der Waals surface area contributed by atoms with E-state index < -0.39 is 0 Å². The first kappa shape index (κ1) is 15.7. The summed E-state index contributed by atoms with van der Waals surface area (Å²) in [6.07, 6.45) is 0. The van der Waals surface area contributed by atoms with E-state index in [0.29, 0.717) is 21.3 Å². The number of aryl methyl sites for hydroxylation is 1. The number of carbonyl (C=O) groups excluding carboxylic acids is 1. The third-order valence-corrected chi connectivity index (χ3v) is 3.70. The van der Waals surface area contributed by atoms with Crippen LogP contribution in [0.25, 0.3) is 0 Å². The van der Waals surface area contributed by atoms with Crippen LogP contribution in [0, 0.1) is 6.92 Å². The van der Waals surface area contributed by atoms with Gasteiger partial charge in [-0.1, -0.05) is 29.3 Å². The second kappa shape index (κ2) is 6.37. The van der Waals surface area contributed by atoms with Gasteiger partial charge in [-0.15, -0.1) is 0 Å². The lowest BCUT2D eigenvalue weighted by Gasteiger charge is -2.16. The van der Waals surface area contributed by atoms with Crippen molar-refractivity contribution in [3.63, 3.8) is 0 Å². The molecule has 2 rings (SSSR count). The highest BCUT2D eigenvalue weighted by Crippen LogP contribution is 2.26. The van der Waals surface area contributed by atoms with Crippen molar-refractivity contribution in [2.24, 2.45) is 0 Å². The summed E-state index contributed by atoms with van der Waals surface area (Å²) in [5.41, 5.74) is 8.62. The van der Waals surface area contributed by atoms with Crippen molar-refractivity contribution >= 4 is 34.8 Å². The van der Waals surface area contributed by atoms with E-state index in [2.05, 4.69) is 5.32 Å². The van der Waals surface area contributed by atoms with Crippen molar-refractivity contribution < 1.29 is 4.79 Å². The van der Waals surface area contributed by atoms with Crippen LogP contribution in [-0.4, -0.2) is 5.91 Å². The van der Waals surface area contributed by atoms with Gasteiger partial charge in [0.25, 0.3) is 5.91 Å². The van der Waals surface area contributed by atoms with Gasteiger partial charge < -0.3 is 11.1 Å².